The van der Waals surface area contributed by atoms with Gasteiger partial charge in [-0.15, -0.1) is 11.3 Å². The number of thiazole rings is 1. The zero-order valence-corrected chi connectivity index (χ0v) is 18.6. The fourth-order valence-corrected chi connectivity index (χ4v) is 4.59. The summed E-state index contributed by atoms with van der Waals surface area (Å²) in [4.78, 5) is 24.1. The largest absolute Gasteiger partial charge is 0.368 e. The third-order valence-corrected chi connectivity index (χ3v) is 6.49. The summed E-state index contributed by atoms with van der Waals surface area (Å²) in [5.74, 6) is -0.0105. The minimum Gasteiger partial charge on any atom is -0.368 e. The quantitative estimate of drug-likeness (QED) is 0.552. The summed E-state index contributed by atoms with van der Waals surface area (Å²) in [6.45, 7) is 6.85. The Morgan fingerprint density at radius 1 is 1.03 bits per heavy atom. The number of hydrogen-bond donors (Lipinski definition) is 0. The highest BCUT2D eigenvalue weighted by Crippen LogP contribution is 2.25. The van der Waals surface area contributed by atoms with Gasteiger partial charge in [0.05, 0.1) is 0 Å². The molecule has 0 unspecified atom stereocenters. The van der Waals surface area contributed by atoms with E-state index in [0.29, 0.717) is 18.8 Å². The summed E-state index contributed by atoms with van der Waals surface area (Å²) in [6.07, 6.45) is 0. The van der Waals surface area contributed by atoms with Gasteiger partial charge in [0.25, 0.3) is 5.91 Å². The Kier molecular flexibility index (Phi) is 6.55. The monoisotopic (exact) mass is 440 g/mol. The Hall–Kier alpha value is -2.57. The molecule has 7 heteroatoms. The van der Waals surface area contributed by atoms with Crippen LogP contribution in [0.15, 0.2) is 60.0 Å². The van der Waals surface area contributed by atoms with Gasteiger partial charge in [0.2, 0.25) is 0 Å². The van der Waals surface area contributed by atoms with Gasteiger partial charge in [-0.2, -0.15) is 0 Å². The lowest BCUT2D eigenvalue weighted by Gasteiger charge is -2.36. The van der Waals surface area contributed by atoms with E-state index in [9.17, 15) is 4.79 Å². The van der Waals surface area contributed by atoms with Crippen LogP contribution in [0.25, 0.3) is 0 Å². The lowest BCUT2D eigenvalue weighted by atomic mass is 10.2. The predicted octanol–water partition coefficient (Wildman–Crippen LogP) is 4.79. The third-order valence-electron chi connectivity index (χ3n) is 5.34. The second-order valence-corrected chi connectivity index (χ2v) is 8.54. The van der Waals surface area contributed by atoms with Crippen LogP contribution in [0.3, 0.4) is 0 Å². The highest BCUT2D eigenvalue weighted by atomic mass is 35.5. The van der Waals surface area contributed by atoms with Gasteiger partial charge in [0, 0.05) is 55.4 Å². The van der Waals surface area contributed by atoms with Crippen molar-refractivity contribution < 1.29 is 4.79 Å². The number of nitrogens with zero attached hydrogens (tertiary/aromatic N) is 4. The molecule has 0 spiro atoms. The van der Waals surface area contributed by atoms with Gasteiger partial charge < -0.3 is 14.7 Å². The lowest BCUT2D eigenvalue weighted by Crippen LogP contribution is -2.46. The first-order valence-electron chi connectivity index (χ1n) is 10.2. The maximum atomic E-state index is 13.0. The standard InChI is InChI=1S/C23H25ClN4OS/c1-2-26(16-18-6-4-3-5-7-18)22(29)21-17-30-23(25-21)28-14-12-27(13-15-28)20-10-8-19(24)9-11-20/h3-11,17H,2,12-16H2,1H3. The number of piperazine rings is 1. The maximum Gasteiger partial charge on any atom is 0.273 e. The number of anilines is 2. The second kappa shape index (κ2) is 9.49. The zero-order chi connectivity index (χ0) is 20.9. The van der Waals surface area contributed by atoms with Crippen molar-refractivity contribution in [2.45, 2.75) is 13.5 Å². The van der Waals surface area contributed by atoms with Crippen LogP contribution in [0.2, 0.25) is 5.02 Å². The summed E-state index contributed by atoms with van der Waals surface area (Å²) in [5.41, 5.74) is 2.85. The van der Waals surface area contributed by atoms with Gasteiger partial charge in [-0.1, -0.05) is 41.9 Å². The number of rotatable bonds is 6. The van der Waals surface area contributed by atoms with Crippen molar-refractivity contribution in [1.82, 2.24) is 9.88 Å². The number of halogens is 1. The van der Waals surface area contributed by atoms with E-state index >= 15 is 0 Å². The lowest BCUT2D eigenvalue weighted by molar-refractivity contribution is 0.0747. The number of carbonyl (C=O) groups excluding carboxylic acids is 1. The van der Waals surface area contributed by atoms with E-state index in [2.05, 4.69) is 26.9 Å². The number of benzene rings is 2. The molecule has 0 radical (unpaired) electrons. The molecular weight excluding hydrogens is 416 g/mol. The molecule has 0 N–H and O–H groups in total. The van der Waals surface area contributed by atoms with Gasteiger partial charge in [0.1, 0.15) is 5.69 Å². The van der Waals surface area contributed by atoms with Gasteiger partial charge >= 0.3 is 0 Å². The topological polar surface area (TPSA) is 39.7 Å². The van der Waals surface area contributed by atoms with E-state index in [-0.39, 0.29) is 5.91 Å². The molecule has 5 nitrogen and oxygen atoms in total. The van der Waals surface area contributed by atoms with E-state index in [4.69, 9.17) is 11.6 Å². The summed E-state index contributed by atoms with van der Waals surface area (Å²) in [6, 6.07) is 18.0. The molecule has 0 bridgehead atoms. The summed E-state index contributed by atoms with van der Waals surface area (Å²) >= 11 is 7.54. The molecule has 2 heterocycles. The van der Waals surface area contributed by atoms with E-state index in [1.54, 1.807) is 11.3 Å². The molecule has 0 aliphatic carbocycles. The molecule has 0 saturated carbocycles. The van der Waals surface area contributed by atoms with Gasteiger partial charge in [-0.25, -0.2) is 4.98 Å². The molecule has 156 valence electrons. The number of carbonyl (C=O) groups is 1. The number of amides is 1. The van der Waals surface area contributed by atoms with Crippen molar-refractivity contribution in [3.05, 3.63) is 76.3 Å². The summed E-state index contributed by atoms with van der Waals surface area (Å²) in [7, 11) is 0. The highest BCUT2D eigenvalue weighted by molar-refractivity contribution is 7.13. The molecule has 1 aliphatic heterocycles. The Balaban J connectivity index is 1.37. The first-order valence-corrected chi connectivity index (χ1v) is 11.4. The first-order chi connectivity index (χ1) is 14.6. The number of aromatic nitrogens is 1. The van der Waals surface area contributed by atoms with Gasteiger partial charge in [0.15, 0.2) is 5.13 Å². The fourth-order valence-electron chi connectivity index (χ4n) is 3.61. The van der Waals surface area contributed by atoms with Crippen molar-refractivity contribution in [1.29, 1.82) is 0 Å². The zero-order valence-electron chi connectivity index (χ0n) is 17.0. The normalized spacial score (nSPS) is 14.1. The Morgan fingerprint density at radius 3 is 2.37 bits per heavy atom. The minimum atomic E-state index is -0.0105. The van der Waals surface area contributed by atoms with Crippen molar-refractivity contribution in [3.8, 4) is 0 Å². The Morgan fingerprint density at radius 2 is 1.70 bits per heavy atom. The SMILES string of the molecule is CCN(Cc1ccccc1)C(=O)c1csc(N2CCN(c3ccc(Cl)cc3)CC2)n1. The molecule has 1 aliphatic rings. The molecule has 4 rings (SSSR count). The van der Waals surface area contributed by atoms with Gasteiger partial charge in [-0.05, 0) is 36.8 Å². The summed E-state index contributed by atoms with van der Waals surface area (Å²) in [5, 5.41) is 3.56. The van der Waals surface area contributed by atoms with Gasteiger partial charge in [-0.3, -0.25) is 4.79 Å². The van der Waals surface area contributed by atoms with E-state index in [0.717, 1.165) is 41.9 Å². The third kappa shape index (κ3) is 4.77. The smallest absolute Gasteiger partial charge is 0.273 e. The average Bonchev–Trinajstić information content (AvgIpc) is 3.29. The van der Waals surface area contributed by atoms with Crippen LogP contribution in [-0.4, -0.2) is 48.5 Å². The fraction of sp³-hybridized carbons (Fsp3) is 0.304. The van der Waals surface area contributed by atoms with Crippen molar-refractivity contribution in [3.63, 3.8) is 0 Å². The average molecular weight is 441 g/mol. The van der Waals surface area contributed by atoms with Crippen LogP contribution in [-0.2, 0) is 6.54 Å². The Bertz CT molecular complexity index is 968. The van der Waals surface area contributed by atoms with Crippen LogP contribution in [0, 0.1) is 0 Å². The second-order valence-electron chi connectivity index (χ2n) is 7.27. The van der Waals surface area contributed by atoms with Crippen LogP contribution in [0.1, 0.15) is 23.0 Å². The van der Waals surface area contributed by atoms with Crippen LogP contribution in [0.5, 0.6) is 0 Å². The van der Waals surface area contributed by atoms with Crippen molar-refractivity contribution >= 4 is 39.7 Å². The van der Waals surface area contributed by atoms with E-state index < -0.39 is 0 Å². The first kappa shape index (κ1) is 20.7. The molecule has 0 atom stereocenters. The molecule has 1 fully saturated rings. The molecule has 30 heavy (non-hydrogen) atoms. The molecule has 1 saturated heterocycles. The molecular formula is C23H25ClN4OS. The van der Waals surface area contributed by atoms with E-state index in [1.165, 1.54) is 5.69 Å². The minimum absolute atomic E-state index is 0.0105. The number of hydrogen-bond acceptors (Lipinski definition) is 5. The molecule has 1 amide bonds. The van der Waals surface area contributed by atoms with Crippen LogP contribution in [0.4, 0.5) is 10.8 Å². The van der Waals surface area contributed by atoms with Crippen molar-refractivity contribution in [2.24, 2.45) is 0 Å². The summed E-state index contributed by atoms with van der Waals surface area (Å²) < 4.78 is 0. The maximum absolute atomic E-state index is 13.0. The molecule has 3 aromatic rings. The highest BCUT2D eigenvalue weighted by Gasteiger charge is 2.23. The van der Waals surface area contributed by atoms with E-state index in [1.807, 2.05) is 59.7 Å². The van der Waals surface area contributed by atoms with Crippen LogP contribution < -0.4 is 9.80 Å². The van der Waals surface area contributed by atoms with Crippen molar-refractivity contribution in [2.75, 3.05) is 42.5 Å². The predicted molar refractivity (Wildman–Crippen MR) is 125 cm³/mol. The Labute approximate surface area is 186 Å². The van der Waals surface area contributed by atoms with Crippen LogP contribution >= 0.6 is 22.9 Å². The molecule has 2 aromatic carbocycles. The molecule has 1 aromatic heterocycles.